The molecule has 0 heterocycles. The Balaban J connectivity index is 2.07. The van der Waals surface area contributed by atoms with Gasteiger partial charge in [-0.2, -0.15) is 25.8 Å². The lowest BCUT2D eigenvalue weighted by atomic mass is 10.2. The summed E-state index contributed by atoms with van der Waals surface area (Å²) >= 11 is -1.20. The number of allylic oxidation sites excluding steroid dienone is 3. The van der Waals surface area contributed by atoms with E-state index in [4.69, 9.17) is 4.18 Å². The summed E-state index contributed by atoms with van der Waals surface area (Å²) in [5.74, 6) is -3.93. The highest BCUT2D eigenvalue weighted by Gasteiger charge is 2.49. The quantitative estimate of drug-likeness (QED) is 0.266. The summed E-state index contributed by atoms with van der Waals surface area (Å²) in [7, 11) is -6.10. The smallest absolute Gasteiger partial charge is 0.257 e. The van der Waals surface area contributed by atoms with E-state index in [0.29, 0.717) is 16.2 Å². The van der Waals surface area contributed by atoms with Crippen molar-refractivity contribution in [1.82, 2.24) is 0 Å². The molecule has 0 spiro atoms. The van der Waals surface area contributed by atoms with Gasteiger partial charge in [0.25, 0.3) is 0 Å². The molecule has 0 radical (unpaired) electrons. The van der Waals surface area contributed by atoms with Crippen LogP contribution in [0.4, 0.5) is 22.0 Å². The van der Waals surface area contributed by atoms with Crippen LogP contribution < -0.4 is 0 Å². The number of alkyl halides is 5. The van der Waals surface area contributed by atoms with E-state index in [1.807, 2.05) is 12.2 Å². The third kappa shape index (κ3) is 6.30. The van der Waals surface area contributed by atoms with Crippen LogP contribution in [-0.2, 0) is 29.7 Å². The molecule has 0 N–H and O–H groups in total. The lowest BCUT2D eigenvalue weighted by Crippen LogP contribution is -2.35. The van der Waals surface area contributed by atoms with E-state index in [9.17, 15) is 30.4 Å². The summed E-state index contributed by atoms with van der Waals surface area (Å²) in [6.07, 6.45) is 6.93. The van der Waals surface area contributed by atoms with E-state index in [0.717, 1.165) is 6.42 Å². The Morgan fingerprint density at radius 3 is 2.22 bits per heavy atom. The average Bonchev–Trinajstić information content (AvgIpc) is 2.61. The van der Waals surface area contributed by atoms with Gasteiger partial charge < -0.3 is 0 Å². The first-order chi connectivity index (χ1) is 12.5. The van der Waals surface area contributed by atoms with Crippen molar-refractivity contribution in [2.45, 2.75) is 29.2 Å². The number of halogens is 5. The van der Waals surface area contributed by atoms with Crippen molar-refractivity contribution in [1.29, 1.82) is 0 Å². The van der Waals surface area contributed by atoms with Crippen molar-refractivity contribution in [2.24, 2.45) is 0 Å². The normalized spacial score (nSPS) is 16.9. The summed E-state index contributed by atoms with van der Waals surface area (Å²) in [5.41, 5.74) is -5.77. The lowest BCUT2D eigenvalue weighted by molar-refractivity contribution is -0.0851. The van der Waals surface area contributed by atoms with Crippen LogP contribution in [0.1, 0.15) is 12.8 Å². The van der Waals surface area contributed by atoms with Gasteiger partial charge in [0.2, 0.25) is 11.2 Å². The molecule has 4 nitrogen and oxygen atoms in total. The van der Waals surface area contributed by atoms with Crippen LogP contribution in [0.5, 0.6) is 0 Å². The molecule has 1 aromatic rings. The van der Waals surface area contributed by atoms with Gasteiger partial charge in [0.15, 0.2) is 16.4 Å². The molecule has 27 heavy (non-hydrogen) atoms. The Hall–Kier alpha value is -1.43. The van der Waals surface area contributed by atoms with Crippen LogP contribution in [0.3, 0.4) is 0 Å². The minimum atomic E-state index is -6.10. The molecule has 0 aromatic heterocycles. The molecule has 1 aliphatic rings. The van der Waals surface area contributed by atoms with E-state index in [1.165, 1.54) is 0 Å². The molecule has 0 aliphatic heterocycles. The van der Waals surface area contributed by atoms with E-state index < -0.39 is 45.9 Å². The van der Waals surface area contributed by atoms with Crippen LogP contribution in [0.25, 0.3) is 0 Å². The molecule has 1 atom stereocenters. The molecule has 0 saturated heterocycles. The zero-order chi connectivity index (χ0) is 20.1. The van der Waals surface area contributed by atoms with E-state index >= 15 is 0 Å². The number of benzene rings is 1. The van der Waals surface area contributed by atoms with Crippen LogP contribution in [0.2, 0.25) is 0 Å². The van der Waals surface area contributed by atoms with Gasteiger partial charge in [-0.1, -0.05) is 24.3 Å². The minimum Gasteiger partial charge on any atom is -0.257 e. The summed E-state index contributed by atoms with van der Waals surface area (Å²) in [5, 5.41) is 0. The van der Waals surface area contributed by atoms with Gasteiger partial charge in [0.05, 0.1) is 0 Å². The van der Waals surface area contributed by atoms with Crippen LogP contribution >= 0.6 is 0 Å². The van der Waals surface area contributed by atoms with Gasteiger partial charge >= 0.3 is 21.5 Å². The second-order valence-corrected chi connectivity index (χ2v) is 8.77. The van der Waals surface area contributed by atoms with Crippen LogP contribution in [0, 0.1) is 0 Å². The highest BCUT2D eigenvalue weighted by molar-refractivity contribution is 7.96. The van der Waals surface area contributed by atoms with Gasteiger partial charge in [-0.15, -0.1) is 0 Å². The first-order valence-corrected chi connectivity index (χ1v) is 10.2. The lowest BCUT2D eigenvalue weighted by Gasteiger charge is -2.17. The fourth-order valence-corrected chi connectivity index (χ4v) is 4.15. The summed E-state index contributed by atoms with van der Waals surface area (Å²) in [6, 6.07) is 8.48. The molecule has 0 amide bonds. The maximum absolute atomic E-state index is 13.9. The maximum Gasteiger partial charge on any atom is 0.523 e. The second kappa shape index (κ2) is 8.72. The van der Waals surface area contributed by atoms with Crippen molar-refractivity contribution in [3.8, 4) is 0 Å². The molecule has 1 unspecified atom stereocenters. The van der Waals surface area contributed by atoms with E-state index in [-0.39, 0.29) is 0 Å². The zero-order valence-electron chi connectivity index (χ0n) is 13.8. The number of hydrogen-bond donors (Lipinski definition) is 0. The Kier molecular flexibility index (Phi) is 7.06. The molecule has 1 aliphatic carbocycles. The van der Waals surface area contributed by atoms with Crippen molar-refractivity contribution in [3.05, 3.63) is 53.5 Å². The van der Waals surface area contributed by atoms with E-state index in [2.05, 4.69) is 4.18 Å². The fraction of sp³-hybridized carbons (Fsp3) is 0.375. The first kappa shape index (κ1) is 21.9. The van der Waals surface area contributed by atoms with Crippen molar-refractivity contribution in [3.63, 3.8) is 0 Å². The van der Waals surface area contributed by atoms with E-state index in [1.54, 1.807) is 36.4 Å². The highest BCUT2D eigenvalue weighted by atomic mass is 32.2. The topological polar surface area (TPSA) is 52.6 Å². The Labute approximate surface area is 156 Å². The third-order valence-electron chi connectivity index (χ3n) is 3.23. The second-order valence-electron chi connectivity index (χ2n) is 5.45. The fourth-order valence-electron chi connectivity index (χ4n) is 1.96. The number of rotatable bonds is 8. The summed E-state index contributed by atoms with van der Waals surface area (Å²) in [6.45, 7) is -3.26. The third-order valence-corrected chi connectivity index (χ3v) is 6.01. The van der Waals surface area contributed by atoms with Gasteiger partial charge in [-0.3, -0.25) is 4.18 Å². The van der Waals surface area contributed by atoms with Gasteiger partial charge in [0, 0.05) is 0 Å². The average molecular weight is 431 g/mol. The maximum atomic E-state index is 13.9. The zero-order valence-corrected chi connectivity index (χ0v) is 15.4. The molecule has 150 valence electrons. The Morgan fingerprint density at radius 2 is 1.67 bits per heavy atom. The van der Waals surface area contributed by atoms with Gasteiger partial charge in [-0.25, -0.2) is 8.78 Å². The molecule has 11 heteroatoms. The molecule has 0 saturated carbocycles. The molecule has 0 bridgehead atoms. The summed E-state index contributed by atoms with van der Waals surface area (Å²) < 4.78 is 94.5. The molecular weight excluding hydrogens is 415 g/mol. The molecular formula is C16H16F5O4S2+. The summed E-state index contributed by atoms with van der Waals surface area (Å²) in [4.78, 5) is 1.27. The first-order valence-electron chi connectivity index (χ1n) is 7.65. The Bertz CT molecular complexity index is 789. The molecule has 1 aromatic carbocycles. The van der Waals surface area contributed by atoms with Gasteiger partial charge in [0.1, 0.15) is 6.61 Å². The largest absolute Gasteiger partial charge is 0.523 e. The standard InChI is InChI=1S/C16H16F5O4S2/c17-15(18,12-25-27(22,23)16(19,20)21)11-24-26(13-7-3-1-4-8-13)14-9-5-2-6-10-14/h1,3-5,7-10H,2,6,11-12H2/q+1. The van der Waals surface area contributed by atoms with Crippen LogP contribution in [0.15, 0.2) is 58.4 Å². The molecule has 2 rings (SSSR count). The highest BCUT2D eigenvalue weighted by Crippen LogP contribution is 2.30. The SMILES string of the molecule is O=S(=O)(OCC(F)(F)CO[S+](C1=CCCC=C1)c1ccccc1)C(F)(F)F. The van der Waals surface area contributed by atoms with Crippen molar-refractivity contribution in [2.75, 3.05) is 13.2 Å². The predicted molar refractivity (Wildman–Crippen MR) is 90.4 cm³/mol. The van der Waals surface area contributed by atoms with Crippen LogP contribution in [-0.4, -0.2) is 33.1 Å². The monoisotopic (exact) mass is 431 g/mol. The molecule has 0 fully saturated rings. The predicted octanol–water partition coefficient (Wildman–Crippen LogP) is 4.33. The number of hydrogen-bond acceptors (Lipinski definition) is 4. The Morgan fingerprint density at radius 1 is 1.00 bits per heavy atom. The van der Waals surface area contributed by atoms with Crippen molar-refractivity contribution >= 4 is 21.3 Å². The van der Waals surface area contributed by atoms with Crippen molar-refractivity contribution < 1.29 is 38.7 Å². The van der Waals surface area contributed by atoms with Gasteiger partial charge in [-0.05, 0) is 37.1 Å². The minimum absolute atomic E-state index is 0.606.